The quantitative estimate of drug-likeness (QED) is 0.729. The van der Waals surface area contributed by atoms with Crippen LogP contribution in [0.5, 0.6) is 0 Å². The van der Waals surface area contributed by atoms with Crippen LogP contribution in [-0.2, 0) is 0 Å². The summed E-state index contributed by atoms with van der Waals surface area (Å²) in [5.74, 6) is 1.86. The predicted molar refractivity (Wildman–Crippen MR) is 61.3 cm³/mol. The Morgan fingerprint density at radius 1 is 1.21 bits per heavy atom. The predicted octanol–water partition coefficient (Wildman–Crippen LogP) is 3.20. The monoisotopic (exact) mass is 195 g/mol. The van der Waals surface area contributed by atoms with Crippen LogP contribution < -0.4 is 5.32 Å². The van der Waals surface area contributed by atoms with Crippen molar-refractivity contribution in [2.45, 2.75) is 65.5 Å². The van der Waals surface area contributed by atoms with Crippen LogP contribution >= 0.6 is 0 Å². The van der Waals surface area contributed by atoms with Crippen molar-refractivity contribution in [2.24, 2.45) is 17.3 Å². The van der Waals surface area contributed by atoms with E-state index < -0.39 is 0 Å². The first kappa shape index (κ1) is 10.5. The fraction of sp³-hybridized carbons (Fsp3) is 1.00. The normalized spacial score (nSPS) is 38.6. The van der Waals surface area contributed by atoms with Crippen LogP contribution in [0.3, 0.4) is 0 Å². The van der Waals surface area contributed by atoms with Crippen molar-refractivity contribution in [1.82, 2.24) is 5.32 Å². The van der Waals surface area contributed by atoms with Gasteiger partial charge in [0.2, 0.25) is 0 Å². The summed E-state index contributed by atoms with van der Waals surface area (Å²) in [6.45, 7) is 9.60. The molecule has 0 spiro atoms. The third-order valence-electron chi connectivity index (χ3n) is 4.14. The first-order valence-corrected chi connectivity index (χ1v) is 6.24. The van der Waals surface area contributed by atoms with E-state index >= 15 is 0 Å². The van der Waals surface area contributed by atoms with Crippen molar-refractivity contribution in [3.8, 4) is 0 Å². The van der Waals surface area contributed by atoms with Gasteiger partial charge in [0.1, 0.15) is 0 Å². The van der Waals surface area contributed by atoms with Gasteiger partial charge in [0.15, 0.2) is 0 Å². The van der Waals surface area contributed by atoms with E-state index in [0.29, 0.717) is 5.41 Å². The highest BCUT2D eigenvalue weighted by atomic mass is 15.0. The van der Waals surface area contributed by atoms with Crippen LogP contribution in [0.25, 0.3) is 0 Å². The van der Waals surface area contributed by atoms with Crippen LogP contribution in [0.15, 0.2) is 0 Å². The van der Waals surface area contributed by atoms with Gasteiger partial charge in [-0.3, -0.25) is 0 Å². The topological polar surface area (TPSA) is 12.0 Å². The summed E-state index contributed by atoms with van der Waals surface area (Å²) < 4.78 is 0. The maximum absolute atomic E-state index is 3.85. The smallest absolute Gasteiger partial charge is 0.0101 e. The molecule has 3 atom stereocenters. The average Bonchev–Trinajstić information content (AvgIpc) is 2.79. The Morgan fingerprint density at radius 3 is 2.29 bits per heavy atom. The van der Waals surface area contributed by atoms with Crippen LogP contribution in [0, 0.1) is 17.3 Å². The minimum absolute atomic E-state index is 0.570. The summed E-state index contributed by atoms with van der Waals surface area (Å²) in [5.41, 5.74) is 0.570. The maximum Gasteiger partial charge on any atom is 0.0101 e. The summed E-state index contributed by atoms with van der Waals surface area (Å²) in [6, 6.07) is 1.54. The van der Waals surface area contributed by atoms with E-state index in [1.54, 1.807) is 0 Å². The summed E-state index contributed by atoms with van der Waals surface area (Å²) in [5, 5.41) is 3.85. The second-order valence-electron chi connectivity index (χ2n) is 6.45. The summed E-state index contributed by atoms with van der Waals surface area (Å²) in [7, 11) is 0. The second-order valence-corrected chi connectivity index (χ2v) is 6.45. The van der Waals surface area contributed by atoms with Gasteiger partial charge in [-0.05, 0) is 49.9 Å². The van der Waals surface area contributed by atoms with E-state index in [1.807, 2.05) is 0 Å². The lowest BCUT2D eigenvalue weighted by molar-refractivity contribution is 0.346. The third-order valence-corrected chi connectivity index (χ3v) is 4.14. The van der Waals surface area contributed by atoms with E-state index in [4.69, 9.17) is 0 Å². The average molecular weight is 195 g/mol. The first-order valence-electron chi connectivity index (χ1n) is 6.24. The van der Waals surface area contributed by atoms with Crippen LogP contribution in [0.2, 0.25) is 0 Å². The van der Waals surface area contributed by atoms with Gasteiger partial charge < -0.3 is 5.32 Å². The number of hydrogen-bond donors (Lipinski definition) is 1. The molecule has 1 nitrogen and oxygen atoms in total. The molecule has 2 saturated carbocycles. The largest absolute Gasteiger partial charge is 0.311 e. The van der Waals surface area contributed by atoms with Crippen molar-refractivity contribution >= 4 is 0 Å². The molecule has 1 N–H and O–H groups in total. The summed E-state index contributed by atoms with van der Waals surface area (Å²) in [6.07, 6.45) is 5.67. The molecule has 0 aromatic rings. The Bertz CT molecular complexity index is 205. The molecule has 2 rings (SSSR count). The fourth-order valence-electron chi connectivity index (χ4n) is 3.19. The Hall–Kier alpha value is -0.0400. The summed E-state index contributed by atoms with van der Waals surface area (Å²) >= 11 is 0. The van der Waals surface area contributed by atoms with Gasteiger partial charge >= 0.3 is 0 Å². The van der Waals surface area contributed by atoms with E-state index in [9.17, 15) is 0 Å². The van der Waals surface area contributed by atoms with Crippen LogP contribution in [-0.4, -0.2) is 12.1 Å². The van der Waals surface area contributed by atoms with Crippen LogP contribution in [0.4, 0.5) is 0 Å². The number of nitrogens with one attached hydrogen (secondary N) is 1. The highest BCUT2D eigenvalue weighted by molar-refractivity contribution is 4.94. The van der Waals surface area contributed by atoms with Crippen molar-refractivity contribution in [1.29, 1.82) is 0 Å². The number of hydrogen-bond acceptors (Lipinski definition) is 1. The standard InChI is InChI=1S/C13H25N/c1-9-7-13(3,4)8-12(9)14-10(2)11-5-6-11/h9-12,14H,5-8H2,1-4H3. The SMILES string of the molecule is CC1CC(C)(C)CC1NC(C)C1CC1. The molecule has 0 aromatic heterocycles. The second kappa shape index (κ2) is 3.52. The fourth-order valence-corrected chi connectivity index (χ4v) is 3.19. The van der Waals surface area contributed by atoms with Crippen molar-refractivity contribution in [3.05, 3.63) is 0 Å². The third kappa shape index (κ3) is 2.31. The molecule has 0 heterocycles. The van der Waals surface area contributed by atoms with E-state index in [0.717, 1.165) is 23.9 Å². The zero-order chi connectivity index (χ0) is 10.3. The lowest BCUT2D eigenvalue weighted by Crippen LogP contribution is -2.39. The Kier molecular flexibility index (Phi) is 2.63. The zero-order valence-electron chi connectivity index (χ0n) is 10.1. The molecule has 2 fully saturated rings. The lowest BCUT2D eigenvalue weighted by atomic mass is 9.91. The van der Waals surface area contributed by atoms with Gasteiger partial charge in [0.05, 0.1) is 0 Å². The molecular formula is C13H25N. The van der Waals surface area contributed by atoms with Gasteiger partial charge in [-0.1, -0.05) is 20.8 Å². The molecule has 0 radical (unpaired) electrons. The van der Waals surface area contributed by atoms with Crippen LogP contribution in [0.1, 0.15) is 53.4 Å². The van der Waals surface area contributed by atoms with Gasteiger partial charge in [0, 0.05) is 12.1 Å². The lowest BCUT2D eigenvalue weighted by Gasteiger charge is -2.23. The van der Waals surface area contributed by atoms with Gasteiger partial charge in [-0.2, -0.15) is 0 Å². The Balaban J connectivity index is 1.85. The number of rotatable bonds is 3. The summed E-state index contributed by atoms with van der Waals surface area (Å²) in [4.78, 5) is 0. The molecule has 0 bridgehead atoms. The van der Waals surface area contributed by atoms with Gasteiger partial charge in [-0.15, -0.1) is 0 Å². The minimum atomic E-state index is 0.570. The molecular weight excluding hydrogens is 170 g/mol. The molecule has 2 aliphatic rings. The van der Waals surface area contributed by atoms with E-state index in [1.165, 1.54) is 25.7 Å². The minimum Gasteiger partial charge on any atom is -0.311 e. The molecule has 82 valence electrons. The molecule has 0 aliphatic heterocycles. The molecule has 14 heavy (non-hydrogen) atoms. The van der Waals surface area contributed by atoms with Crippen molar-refractivity contribution in [2.75, 3.05) is 0 Å². The molecule has 0 saturated heterocycles. The molecule has 1 heteroatoms. The Labute approximate surface area is 88.7 Å². The van der Waals surface area contributed by atoms with Crippen molar-refractivity contribution in [3.63, 3.8) is 0 Å². The van der Waals surface area contributed by atoms with E-state index in [2.05, 4.69) is 33.0 Å². The van der Waals surface area contributed by atoms with Gasteiger partial charge in [-0.25, -0.2) is 0 Å². The molecule has 2 aliphatic carbocycles. The molecule has 3 unspecified atom stereocenters. The Morgan fingerprint density at radius 2 is 1.86 bits per heavy atom. The molecule has 0 aromatic carbocycles. The zero-order valence-corrected chi connectivity index (χ0v) is 10.1. The van der Waals surface area contributed by atoms with E-state index in [-0.39, 0.29) is 0 Å². The maximum atomic E-state index is 3.85. The highest BCUT2D eigenvalue weighted by Crippen LogP contribution is 2.42. The molecule has 0 amide bonds. The van der Waals surface area contributed by atoms with Gasteiger partial charge in [0.25, 0.3) is 0 Å². The van der Waals surface area contributed by atoms with Crippen molar-refractivity contribution < 1.29 is 0 Å². The highest BCUT2D eigenvalue weighted by Gasteiger charge is 2.38. The first-order chi connectivity index (χ1) is 6.48.